The molecule has 4 nitrogen and oxygen atoms in total. The standard InChI is InChI=1S/C19H20F3N3O/c1-13(2)15-8-6-14(7-9-15)11-24-25-18(26)12-23-17-5-3-4-16(10-17)19(20,21)22/h3-11,13,23H,12H2,1-2H3,(H,25,26)/b24-11-. The number of benzene rings is 2. The lowest BCUT2D eigenvalue weighted by Gasteiger charge is -2.10. The molecule has 0 fully saturated rings. The summed E-state index contributed by atoms with van der Waals surface area (Å²) in [7, 11) is 0. The van der Waals surface area contributed by atoms with Gasteiger partial charge in [-0.05, 0) is 35.2 Å². The predicted molar refractivity (Wildman–Crippen MR) is 96.2 cm³/mol. The largest absolute Gasteiger partial charge is 0.416 e. The molecule has 1 amide bonds. The maximum Gasteiger partial charge on any atom is 0.416 e. The third kappa shape index (κ3) is 5.91. The van der Waals surface area contributed by atoms with Gasteiger partial charge < -0.3 is 5.32 Å². The van der Waals surface area contributed by atoms with Crippen molar-refractivity contribution in [1.29, 1.82) is 0 Å². The molecule has 0 heterocycles. The van der Waals surface area contributed by atoms with E-state index in [9.17, 15) is 18.0 Å². The topological polar surface area (TPSA) is 53.5 Å². The Bertz CT molecular complexity index is 768. The van der Waals surface area contributed by atoms with Crippen molar-refractivity contribution < 1.29 is 18.0 Å². The second-order valence-corrected chi connectivity index (χ2v) is 6.05. The highest BCUT2D eigenvalue weighted by atomic mass is 19.4. The summed E-state index contributed by atoms with van der Waals surface area (Å²) in [6.45, 7) is 4.01. The van der Waals surface area contributed by atoms with E-state index in [2.05, 4.69) is 29.7 Å². The van der Waals surface area contributed by atoms with Crippen molar-refractivity contribution in [2.75, 3.05) is 11.9 Å². The van der Waals surface area contributed by atoms with Gasteiger partial charge >= 0.3 is 6.18 Å². The number of hydrogen-bond acceptors (Lipinski definition) is 3. The smallest absolute Gasteiger partial charge is 0.376 e. The van der Waals surface area contributed by atoms with Gasteiger partial charge in [-0.15, -0.1) is 0 Å². The van der Waals surface area contributed by atoms with Gasteiger partial charge in [0, 0.05) is 5.69 Å². The molecule has 2 aromatic carbocycles. The Morgan fingerprint density at radius 1 is 1.15 bits per heavy atom. The summed E-state index contributed by atoms with van der Waals surface area (Å²) in [5.74, 6) is -0.0277. The number of carbonyl (C=O) groups excluding carboxylic acids is 1. The Labute approximate surface area is 150 Å². The second kappa shape index (κ2) is 8.51. The Balaban J connectivity index is 1.84. The lowest BCUT2D eigenvalue weighted by Crippen LogP contribution is -2.26. The van der Waals surface area contributed by atoms with Crippen molar-refractivity contribution in [2.24, 2.45) is 5.10 Å². The van der Waals surface area contributed by atoms with Gasteiger partial charge in [-0.1, -0.05) is 44.2 Å². The number of carbonyl (C=O) groups is 1. The van der Waals surface area contributed by atoms with Crippen LogP contribution in [0.5, 0.6) is 0 Å². The molecule has 0 aliphatic heterocycles. The first-order valence-electron chi connectivity index (χ1n) is 8.08. The van der Waals surface area contributed by atoms with Gasteiger partial charge in [0.1, 0.15) is 0 Å². The molecule has 0 saturated heterocycles. The van der Waals surface area contributed by atoms with Crippen LogP contribution in [0.15, 0.2) is 53.6 Å². The minimum Gasteiger partial charge on any atom is -0.376 e. The quantitative estimate of drug-likeness (QED) is 0.591. The normalized spacial score (nSPS) is 11.8. The van der Waals surface area contributed by atoms with Crippen LogP contribution < -0.4 is 10.7 Å². The van der Waals surface area contributed by atoms with E-state index in [1.54, 1.807) is 0 Å². The van der Waals surface area contributed by atoms with Crippen LogP contribution in [0.25, 0.3) is 0 Å². The fourth-order valence-corrected chi connectivity index (χ4v) is 2.17. The van der Waals surface area contributed by atoms with Crippen molar-refractivity contribution in [2.45, 2.75) is 25.9 Å². The Morgan fingerprint density at radius 2 is 1.85 bits per heavy atom. The Morgan fingerprint density at radius 3 is 2.46 bits per heavy atom. The molecule has 2 rings (SSSR count). The molecule has 0 spiro atoms. The zero-order valence-corrected chi connectivity index (χ0v) is 14.5. The molecule has 2 aromatic rings. The zero-order chi connectivity index (χ0) is 19.2. The van der Waals surface area contributed by atoms with Gasteiger partial charge in [0.15, 0.2) is 0 Å². The molecular formula is C19H20F3N3O. The monoisotopic (exact) mass is 363 g/mol. The summed E-state index contributed by atoms with van der Waals surface area (Å²) in [5.41, 5.74) is 3.81. The SMILES string of the molecule is CC(C)c1ccc(/C=N\NC(=O)CNc2cccc(C(F)(F)F)c2)cc1. The second-order valence-electron chi connectivity index (χ2n) is 6.05. The summed E-state index contributed by atoms with van der Waals surface area (Å²) < 4.78 is 37.9. The number of rotatable bonds is 6. The zero-order valence-electron chi connectivity index (χ0n) is 14.5. The first-order chi connectivity index (χ1) is 12.3. The highest BCUT2D eigenvalue weighted by Crippen LogP contribution is 2.30. The maximum absolute atomic E-state index is 12.6. The highest BCUT2D eigenvalue weighted by molar-refractivity contribution is 5.84. The molecule has 26 heavy (non-hydrogen) atoms. The van der Waals surface area contributed by atoms with Gasteiger partial charge in [0.2, 0.25) is 0 Å². The number of anilines is 1. The molecule has 0 saturated carbocycles. The van der Waals surface area contributed by atoms with Crippen LogP contribution >= 0.6 is 0 Å². The van der Waals surface area contributed by atoms with Crippen LogP contribution in [0.1, 0.15) is 36.5 Å². The minimum atomic E-state index is -4.42. The van der Waals surface area contributed by atoms with Gasteiger partial charge in [-0.3, -0.25) is 4.79 Å². The summed E-state index contributed by atoms with van der Waals surface area (Å²) in [5, 5.41) is 6.48. The van der Waals surface area contributed by atoms with Crippen LogP contribution in [0.3, 0.4) is 0 Å². The van der Waals surface area contributed by atoms with Crippen LogP contribution in [0, 0.1) is 0 Å². The molecule has 0 radical (unpaired) electrons. The maximum atomic E-state index is 12.6. The van der Waals surface area contributed by atoms with E-state index in [0.717, 1.165) is 17.7 Å². The van der Waals surface area contributed by atoms with E-state index in [1.807, 2.05) is 24.3 Å². The number of alkyl halides is 3. The van der Waals surface area contributed by atoms with Gasteiger partial charge in [-0.2, -0.15) is 18.3 Å². The van der Waals surface area contributed by atoms with Crippen molar-refractivity contribution >= 4 is 17.8 Å². The Kier molecular flexibility index (Phi) is 6.38. The van der Waals surface area contributed by atoms with E-state index in [0.29, 0.717) is 5.92 Å². The van der Waals surface area contributed by atoms with Gasteiger partial charge in [0.05, 0.1) is 18.3 Å². The molecule has 0 aliphatic rings. The number of halogens is 3. The molecule has 7 heteroatoms. The van der Waals surface area contributed by atoms with Crippen molar-refractivity contribution in [3.63, 3.8) is 0 Å². The molecule has 138 valence electrons. The average Bonchev–Trinajstić information content (AvgIpc) is 2.60. The third-order valence-corrected chi connectivity index (χ3v) is 3.65. The summed E-state index contributed by atoms with van der Waals surface area (Å²) >= 11 is 0. The van der Waals surface area contributed by atoms with Crippen LogP contribution in [0.2, 0.25) is 0 Å². The van der Waals surface area contributed by atoms with Gasteiger partial charge in [0.25, 0.3) is 5.91 Å². The number of hydrogen-bond donors (Lipinski definition) is 2. The van der Waals surface area contributed by atoms with Crippen LogP contribution in [0.4, 0.5) is 18.9 Å². The lowest BCUT2D eigenvalue weighted by atomic mass is 10.0. The first kappa shape index (κ1) is 19.5. The van der Waals surface area contributed by atoms with Gasteiger partial charge in [-0.25, -0.2) is 5.43 Å². The fourth-order valence-electron chi connectivity index (χ4n) is 2.17. The number of nitrogens with one attached hydrogen (secondary N) is 2. The van der Waals surface area contributed by atoms with E-state index in [1.165, 1.54) is 23.9 Å². The molecule has 0 unspecified atom stereocenters. The fraction of sp³-hybridized carbons (Fsp3) is 0.263. The average molecular weight is 363 g/mol. The molecule has 0 aliphatic carbocycles. The highest BCUT2D eigenvalue weighted by Gasteiger charge is 2.30. The number of nitrogens with zero attached hydrogens (tertiary/aromatic N) is 1. The van der Waals surface area contributed by atoms with E-state index in [4.69, 9.17) is 0 Å². The molecule has 0 aromatic heterocycles. The summed E-state index contributed by atoms with van der Waals surface area (Å²) in [6, 6.07) is 12.4. The lowest BCUT2D eigenvalue weighted by molar-refractivity contribution is -0.137. The van der Waals surface area contributed by atoms with Crippen molar-refractivity contribution in [1.82, 2.24) is 5.43 Å². The minimum absolute atomic E-state index is 0.190. The first-order valence-corrected chi connectivity index (χ1v) is 8.08. The molecular weight excluding hydrogens is 343 g/mol. The van der Waals surface area contributed by atoms with Crippen LogP contribution in [-0.2, 0) is 11.0 Å². The molecule has 0 bridgehead atoms. The van der Waals surface area contributed by atoms with Crippen molar-refractivity contribution in [3.8, 4) is 0 Å². The van der Waals surface area contributed by atoms with E-state index in [-0.39, 0.29) is 12.2 Å². The third-order valence-electron chi connectivity index (χ3n) is 3.65. The summed E-state index contributed by atoms with van der Waals surface area (Å²) in [6.07, 6.45) is -2.92. The Hall–Kier alpha value is -2.83. The van der Waals surface area contributed by atoms with E-state index >= 15 is 0 Å². The van der Waals surface area contributed by atoms with Crippen molar-refractivity contribution in [3.05, 3.63) is 65.2 Å². The summed E-state index contributed by atoms with van der Waals surface area (Å²) in [4.78, 5) is 11.7. The van der Waals surface area contributed by atoms with E-state index < -0.39 is 17.6 Å². The van der Waals surface area contributed by atoms with Crippen LogP contribution in [-0.4, -0.2) is 18.7 Å². The number of hydrazone groups is 1. The molecule has 2 N–H and O–H groups in total. The predicted octanol–water partition coefficient (Wildman–Crippen LogP) is 4.39. The molecule has 0 atom stereocenters. The number of amides is 1.